The third-order valence-corrected chi connectivity index (χ3v) is 2.50. The molecule has 0 atom stereocenters. The second kappa shape index (κ2) is 4.84. The van der Waals surface area contributed by atoms with Crippen LogP contribution in [0.15, 0.2) is 28.7 Å². The quantitative estimate of drug-likeness (QED) is 0.482. The zero-order valence-corrected chi connectivity index (χ0v) is 9.52. The summed E-state index contributed by atoms with van der Waals surface area (Å²) in [7, 11) is 0. The first-order valence-corrected chi connectivity index (χ1v) is 4.92. The van der Waals surface area contributed by atoms with Crippen molar-refractivity contribution in [3.05, 3.63) is 44.4 Å². The number of nitrogens with zero attached hydrogens (tertiary/aromatic N) is 1. The molecule has 0 unspecified atom stereocenters. The average Bonchev–Trinajstić information content (AvgIpc) is 2.18. The molecule has 1 aromatic rings. The molecule has 0 N–H and O–H groups in total. The molecule has 5 heteroatoms. The summed E-state index contributed by atoms with van der Waals surface area (Å²) in [6.45, 7) is 1.41. The lowest BCUT2D eigenvalue weighted by Crippen LogP contribution is -1.90. The van der Waals surface area contributed by atoms with E-state index in [0.29, 0.717) is 10.0 Å². The van der Waals surface area contributed by atoms with Crippen molar-refractivity contribution >= 4 is 33.5 Å². The number of hydrogen-bond donors (Lipinski definition) is 0. The predicted octanol–water partition coefficient (Wildman–Crippen LogP) is 2.92. The Morgan fingerprint density at radius 2 is 2.20 bits per heavy atom. The fraction of sp³-hybridized carbons (Fsp3) is 0.100. The summed E-state index contributed by atoms with van der Waals surface area (Å²) in [5, 5.41) is 10.5. The van der Waals surface area contributed by atoms with E-state index >= 15 is 0 Å². The molecule has 0 aliphatic carbocycles. The van der Waals surface area contributed by atoms with Crippen LogP contribution < -0.4 is 0 Å². The Balaban J connectivity index is 3.06. The highest BCUT2D eigenvalue weighted by molar-refractivity contribution is 9.12. The summed E-state index contributed by atoms with van der Waals surface area (Å²) in [6, 6.07) is 6.07. The number of halogens is 1. The molecule has 0 radical (unpaired) electrons. The van der Waals surface area contributed by atoms with Crippen LogP contribution in [0.5, 0.6) is 0 Å². The number of non-ortho nitro benzene ring substituents is 1. The minimum absolute atomic E-state index is 0.00704. The first-order valence-electron chi connectivity index (χ1n) is 4.13. The van der Waals surface area contributed by atoms with Gasteiger partial charge in [0.15, 0.2) is 5.78 Å². The number of carbonyl (C=O) groups is 1. The Morgan fingerprint density at radius 3 is 2.73 bits per heavy atom. The molecule has 78 valence electrons. The normalized spacial score (nSPS) is 11.2. The Hall–Kier alpha value is -1.49. The van der Waals surface area contributed by atoms with Gasteiger partial charge in [0.2, 0.25) is 0 Å². The maximum atomic E-state index is 10.9. The van der Waals surface area contributed by atoms with Crippen molar-refractivity contribution in [2.75, 3.05) is 0 Å². The van der Waals surface area contributed by atoms with Crippen LogP contribution in [0.1, 0.15) is 12.5 Å². The molecule has 0 fully saturated rings. The van der Waals surface area contributed by atoms with Gasteiger partial charge in [0.25, 0.3) is 5.69 Å². The van der Waals surface area contributed by atoms with Crippen molar-refractivity contribution < 1.29 is 9.72 Å². The fourth-order valence-corrected chi connectivity index (χ4v) is 1.24. The Morgan fingerprint density at radius 1 is 1.53 bits per heavy atom. The van der Waals surface area contributed by atoms with Gasteiger partial charge in [-0.2, -0.15) is 0 Å². The predicted molar refractivity (Wildman–Crippen MR) is 60.7 cm³/mol. The van der Waals surface area contributed by atoms with Crippen molar-refractivity contribution in [2.24, 2.45) is 0 Å². The van der Waals surface area contributed by atoms with Crippen LogP contribution in [0.2, 0.25) is 0 Å². The molecule has 1 aromatic carbocycles. The molecule has 1 rings (SSSR count). The third-order valence-electron chi connectivity index (χ3n) is 1.71. The van der Waals surface area contributed by atoms with Gasteiger partial charge < -0.3 is 0 Å². The zero-order chi connectivity index (χ0) is 11.4. The molecular formula is C10H8BrNO3. The zero-order valence-electron chi connectivity index (χ0n) is 7.94. The molecular weight excluding hydrogens is 262 g/mol. The van der Waals surface area contributed by atoms with Gasteiger partial charge in [0, 0.05) is 12.1 Å². The van der Waals surface area contributed by atoms with Crippen molar-refractivity contribution in [1.29, 1.82) is 0 Å². The van der Waals surface area contributed by atoms with Gasteiger partial charge in [0.05, 0.1) is 9.41 Å². The molecule has 0 aliphatic heterocycles. The maximum Gasteiger partial charge on any atom is 0.270 e. The fourth-order valence-electron chi connectivity index (χ4n) is 0.976. The molecule has 0 spiro atoms. The standard InChI is InChI=1S/C10H8BrNO3/c1-7(13)10(11)6-8-3-2-4-9(5-8)12(14)15/h2-6H,1H3/b10-6-. The highest BCUT2D eigenvalue weighted by Gasteiger charge is 2.05. The van der Waals surface area contributed by atoms with E-state index in [1.807, 2.05) is 0 Å². The number of hydrogen-bond acceptors (Lipinski definition) is 3. The van der Waals surface area contributed by atoms with Gasteiger partial charge in [-0.3, -0.25) is 14.9 Å². The lowest BCUT2D eigenvalue weighted by Gasteiger charge is -1.95. The molecule has 15 heavy (non-hydrogen) atoms. The summed E-state index contributed by atoms with van der Waals surface area (Å²) in [5.41, 5.74) is 0.624. The van der Waals surface area contributed by atoms with E-state index in [2.05, 4.69) is 15.9 Å². The number of rotatable bonds is 3. The van der Waals surface area contributed by atoms with Gasteiger partial charge in [-0.15, -0.1) is 0 Å². The first kappa shape index (κ1) is 11.6. The second-order valence-corrected chi connectivity index (χ2v) is 3.75. The van der Waals surface area contributed by atoms with Crippen LogP contribution in [-0.4, -0.2) is 10.7 Å². The monoisotopic (exact) mass is 269 g/mol. The van der Waals surface area contributed by atoms with E-state index in [0.717, 1.165) is 0 Å². The largest absolute Gasteiger partial charge is 0.294 e. The number of nitro groups is 1. The smallest absolute Gasteiger partial charge is 0.270 e. The second-order valence-electron chi connectivity index (χ2n) is 2.90. The first-order chi connectivity index (χ1) is 7.00. The van der Waals surface area contributed by atoms with E-state index in [-0.39, 0.29) is 11.5 Å². The number of ketones is 1. The van der Waals surface area contributed by atoms with Gasteiger partial charge in [-0.1, -0.05) is 12.1 Å². The highest BCUT2D eigenvalue weighted by Crippen LogP contribution is 2.18. The van der Waals surface area contributed by atoms with Gasteiger partial charge in [-0.25, -0.2) is 0 Å². The van der Waals surface area contributed by atoms with E-state index in [9.17, 15) is 14.9 Å². The third kappa shape index (κ3) is 3.28. The SMILES string of the molecule is CC(=O)/C(Br)=C/c1cccc([N+](=O)[O-])c1. The van der Waals surface area contributed by atoms with Gasteiger partial charge >= 0.3 is 0 Å². The van der Waals surface area contributed by atoms with Crippen LogP contribution in [0.4, 0.5) is 5.69 Å². The van der Waals surface area contributed by atoms with Crippen molar-refractivity contribution in [1.82, 2.24) is 0 Å². The van der Waals surface area contributed by atoms with Crippen LogP contribution in [0, 0.1) is 10.1 Å². The summed E-state index contributed by atoms with van der Waals surface area (Å²) < 4.78 is 0.392. The minimum atomic E-state index is -0.473. The number of Topliss-reactive ketones (excluding diaryl/α,β-unsaturated/α-hetero) is 1. The van der Waals surface area contributed by atoms with Crippen molar-refractivity contribution in [2.45, 2.75) is 6.92 Å². The number of nitro benzene ring substituents is 1. The topological polar surface area (TPSA) is 60.2 Å². The number of allylic oxidation sites excluding steroid dienone is 1. The van der Waals surface area contributed by atoms with Crippen LogP contribution in [0.25, 0.3) is 6.08 Å². The molecule has 0 amide bonds. The van der Waals surface area contributed by atoms with Crippen molar-refractivity contribution in [3.8, 4) is 0 Å². The van der Waals surface area contributed by atoms with E-state index in [1.165, 1.54) is 19.1 Å². The summed E-state index contributed by atoms with van der Waals surface area (Å²) in [6.07, 6.45) is 1.55. The highest BCUT2D eigenvalue weighted by atomic mass is 79.9. The van der Waals surface area contributed by atoms with Crippen LogP contribution in [-0.2, 0) is 4.79 Å². The van der Waals surface area contributed by atoms with Crippen LogP contribution in [0.3, 0.4) is 0 Å². The van der Waals surface area contributed by atoms with Gasteiger partial charge in [0.1, 0.15) is 0 Å². The minimum Gasteiger partial charge on any atom is -0.294 e. The number of benzene rings is 1. The van der Waals surface area contributed by atoms with E-state index in [4.69, 9.17) is 0 Å². The molecule has 0 bridgehead atoms. The maximum absolute atomic E-state index is 10.9. The number of carbonyl (C=O) groups excluding carboxylic acids is 1. The van der Waals surface area contributed by atoms with E-state index < -0.39 is 4.92 Å². The Kier molecular flexibility index (Phi) is 3.74. The Labute approximate surface area is 94.9 Å². The summed E-state index contributed by atoms with van der Waals surface area (Å²) in [5.74, 6) is -0.124. The molecule has 4 nitrogen and oxygen atoms in total. The van der Waals surface area contributed by atoms with Crippen molar-refractivity contribution in [3.63, 3.8) is 0 Å². The average molecular weight is 270 g/mol. The lowest BCUT2D eigenvalue weighted by molar-refractivity contribution is -0.384. The molecule has 0 saturated carbocycles. The molecule has 0 aliphatic rings. The molecule has 0 heterocycles. The summed E-state index contributed by atoms with van der Waals surface area (Å²) in [4.78, 5) is 20.9. The van der Waals surface area contributed by atoms with Gasteiger partial charge in [-0.05, 0) is 34.5 Å². The summed E-state index contributed by atoms with van der Waals surface area (Å²) >= 11 is 3.08. The lowest BCUT2D eigenvalue weighted by atomic mass is 10.2. The molecule has 0 saturated heterocycles. The Bertz CT molecular complexity index is 440. The molecule has 0 aromatic heterocycles. The van der Waals surface area contributed by atoms with E-state index in [1.54, 1.807) is 18.2 Å². The van der Waals surface area contributed by atoms with Crippen LogP contribution >= 0.6 is 15.9 Å².